The average molecular weight is 1160 g/mol. The van der Waals surface area contributed by atoms with Gasteiger partial charge >= 0.3 is 0 Å². The number of H-pyrrole nitrogens is 1. The Morgan fingerprint density at radius 1 is 0.787 bits per heavy atom. The zero-order valence-electron chi connectivity index (χ0n) is 46.0. The fraction of sp³-hybridized carbons (Fsp3) is 0.600. The Morgan fingerprint density at radius 2 is 1.49 bits per heavy atom. The number of nitrogens with two attached hydrogens (primary N) is 5. The van der Waals surface area contributed by atoms with Crippen LogP contribution in [0.25, 0.3) is 10.7 Å². The molecular weight excluding hydrogens is 1070 g/mol. The monoisotopic (exact) mass is 1160 g/mol. The van der Waals surface area contributed by atoms with Gasteiger partial charge in [-0.25, -0.2) is 24.9 Å². The number of aromatic amines is 1. The number of nitrogens with one attached hydrogen (secondary N) is 9. The number of rotatable bonds is 38. The smallest absolute Gasteiger partial charge is 0.271 e. The van der Waals surface area contributed by atoms with E-state index in [-0.39, 0.29) is 54.7 Å². The van der Waals surface area contributed by atoms with Gasteiger partial charge in [0.15, 0.2) is 0 Å². The fourth-order valence-corrected chi connectivity index (χ4v) is 9.57. The van der Waals surface area contributed by atoms with Crippen LogP contribution in [0.2, 0.25) is 0 Å². The molecule has 7 amide bonds. The van der Waals surface area contributed by atoms with Gasteiger partial charge in [0.05, 0.1) is 47.6 Å². The zero-order chi connectivity index (χ0) is 58.9. The third-order valence-electron chi connectivity index (χ3n) is 13.1. The quantitative estimate of drug-likeness (QED) is 0.0206. The van der Waals surface area contributed by atoms with Crippen LogP contribution in [0.4, 0.5) is 5.82 Å². The number of primary amides is 2. The molecule has 4 rings (SSSR count). The summed E-state index contributed by atoms with van der Waals surface area (Å²) in [5, 5.41) is 50.5. The normalized spacial score (nSPS) is 14.8. The van der Waals surface area contributed by atoms with Gasteiger partial charge in [-0.2, -0.15) is 0 Å². The number of carbonyl (C=O) groups is 7. The standard InChI is InChI=1S/C50H81N19O9S2/c1-6-26(2)38(67-47(76)33(19-30-21-58-25-62-30)64-49(78)39-27(3)42(54)69-44(66-39)32(20-36(53)71)61-22-31(52)43(55)73)41(72)28(4)45(74)68-40(29(5)70)48(77)60-18-11-37-63-35(24-79-37)50-65-34(23-80-50)46(75)59-17-10-16-57-14-8-7-13-56-15-9-12-51/h21,23-26,28-29,31-33,38,40-41,56-57,61,70,72H,6-20,22,51-52H2,1-5H3,(H2,53,71)(H2,55,73)(H,58,62)(H,59,75)(H,60,77)(H,64,78)(H,67,76)(H,68,74)(H2,54,66,69)/t26-,28+,29-,31+,32+,33+,38-,40+,41+/m1/s1. The second-order valence-corrected chi connectivity index (χ2v) is 21.3. The molecule has 4 aromatic rings. The maximum Gasteiger partial charge on any atom is 0.271 e. The number of anilines is 1. The molecule has 30 heteroatoms. The summed E-state index contributed by atoms with van der Waals surface area (Å²) < 4.78 is 0. The van der Waals surface area contributed by atoms with Crippen molar-refractivity contribution in [3.63, 3.8) is 0 Å². The van der Waals surface area contributed by atoms with E-state index in [2.05, 4.69) is 72.4 Å². The maximum atomic E-state index is 14.3. The van der Waals surface area contributed by atoms with E-state index in [4.69, 9.17) is 28.7 Å². The summed E-state index contributed by atoms with van der Waals surface area (Å²) in [6, 6.07) is -6.06. The Balaban J connectivity index is 1.34. The number of carbonyl (C=O) groups excluding carboxylic acids is 7. The van der Waals surface area contributed by atoms with Gasteiger partial charge in [0.25, 0.3) is 11.8 Å². The first-order valence-corrected chi connectivity index (χ1v) is 28.4. The molecule has 0 aliphatic carbocycles. The van der Waals surface area contributed by atoms with Crippen molar-refractivity contribution in [1.82, 2.24) is 72.4 Å². The van der Waals surface area contributed by atoms with Gasteiger partial charge in [0, 0.05) is 67.1 Å². The molecule has 21 N–H and O–H groups in total. The molecule has 4 heterocycles. The van der Waals surface area contributed by atoms with E-state index in [9.17, 15) is 43.8 Å². The van der Waals surface area contributed by atoms with Crippen molar-refractivity contribution in [2.24, 2.45) is 34.8 Å². The summed E-state index contributed by atoms with van der Waals surface area (Å²) >= 11 is 2.64. The molecule has 0 fully saturated rings. The summed E-state index contributed by atoms with van der Waals surface area (Å²) in [5.74, 6) is -6.95. The van der Waals surface area contributed by atoms with Gasteiger partial charge in [-0.05, 0) is 78.2 Å². The number of thiazole rings is 2. The van der Waals surface area contributed by atoms with E-state index in [1.54, 1.807) is 12.3 Å². The summed E-state index contributed by atoms with van der Waals surface area (Å²) in [7, 11) is 0. The van der Waals surface area contributed by atoms with Gasteiger partial charge in [-0.3, -0.25) is 33.6 Å². The summed E-state index contributed by atoms with van der Waals surface area (Å²) in [6.45, 7) is 12.5. The van der Waals surface area contributed by atoms with E-state index < -0.39 is 89.7 Å². The van der Waals surface area contributed by atoms with Crippen LogP contribution in [-0.4, -0.2) is 170 Å². The highest BCUT2D eigenvalue weighted by Gasteiger charge is 2.38. The maximum absolute atomic E-state index is 14.3. The largest absolute Gasteiger partial charge is 0.391 e. The molecule has 0 unspecified atom stereocenters. The highest BCUT2D eigenvalue weighted by Crippen LogP contribution is 2.26. The number of hydrogen-bond donors (Lipinski definition) is 16. The molecule has 0 aliphatic heterocycles. The number of hydrogen-bond acceptors (Lipinski definition) is 22. The van der Waals surface area contributed by atoms with Crippen molar-refractivity contribution in [1.29, 1.82) is 0 Å². The minimum absolute atomic E-state index is 0.0974. The second kappa shape index (κ2) is 33.8. The molecule has 0 spiro atoms. The van der Waals surface area contributed by atoms with E-state index in [1.165, 1.54) is 56.0 Å². The minimum Gasteiger partial charge on any atom is -0.391 e. The van der Waals surface area contributed by atoms with Crippen LogP contribution >= 0.6 is 22.7 Å². The Morgan fingerprint density at radius 3 is 2.12 bits per heavy atom. The molecule has 0 aromatic carbocycles. The van der Waals surface area contributed by atoms with E-state index >= 15 is 0 Å². The minimum atomic E-state index is -1.55. The highest BCUT2D eigenvalue weighted by molar-refractivity contribution is 7.14. The zero-order valence-corrected chi connectivity index (χ0v) is 47.6. The number of aliphatic hydroxyl groups excluding tert-OH is 2. The topological polar surface area (TPSA) is 467 Å². The third-order valence-corrected chi connectivity index (χ3v) is 14.9. The lowest BCUT2D eigenvalue weighted by molar-refractivity contribution is -0.136. The number of nitrogens with zero attached hydrogens (tertiary/aromatic N) is 5. The Hall–Kier alpha value is -6.64. The predicted octanol–water partition coefficient (Wildman–Crippen LogP) is -2.49. The number of nitrogen functional groups attached to an aromatic ring is 1. The van der Waals surface area contributed by atoms with Crippen LogP contribution < -0.4 is 71.2 Å². The molecule has 28 nitrogen and oxygen atoms in total. The third kappa shape index (κ3) is 21.1. The molecule has 0 saturated heterocycles. The van der Waals surface area contributed by atoms with Crippen LogP contribution in [-0.2, 0) is 36.8 Å². The fourth-order valence-electron chi connectivity index (χ4n) is 7.95. The van der Waals surface area contributed by atoms with Gasteiger partial charge in [-0.1, -0.05) is 27.2 Å². The van der Waals surface area contributed by atoms with Crippen molar-refractivity contribution in [3.05, 3.63) is 56.8 Å². The molecule has 4 aromatic heterocycles. The van der Waals surface area contributed by atoms with E-state index in [0.29, 0.717) is 53.0 Å². The number of unbranched alkanes of at least 4 members (excludes halogenated alkanes) is 1. The lowest BCUT2D eigenvalue weighted by Crippen LogP contribution is -2.59. The van der Waals surface area contributed by atoms with Crippen molar-refractivity contribution in [3.8, 4) is 10.7 Å². The number of aliphatic hydroxyl groups is 2. The van der Waals surface area contributed by atoms with Gasteiger partial charge in [0.1, 0.15) is 45.8 Å². The number of aromatic nitrogens is 6. The van der Waals surface area contributed by atoms with Gasteiger partial charge in [0.2, 0.25) is 29.5 Å². The van der Waals surface area contributed by atoms with Gasteiger partial charge in [-0.15, -0.1) is 22.7 Å². The predicted molar refractivity (Wildman–Crippen MR) is 302 cm³/mol. The van der Waals surface area contributed by atoms with Crippen molar-refractivity contribution in [2.45, 2.75) is 128 Å². The SMILES string of the molecule is CC[C@@H](C)[C@@H](NC(=O)[C@H](Cc1cnc[nH]1)NC(=O)c1nc([C@H](CC(N)=O)NC[C@H](N)C(N)=O)nc(N)c1C)[C@@H](O)[C@H](C)C(=O)N[C@H](C(=O)NCCc1nc(-c2nc(C(=O)NCCCNCCCCNCCCN)cs2)cs1)[C@@H](C)O. The van der Waals surface area contributed by atoms with E-state index in [0.717, 1.165) is 51.9 Å². The lowest BCUT2D eigenvalue weighted by Gasteiger charge is -2.34. The van der Waals surface area contributed by atoms with Crippen LogP contribution in [0.3, 0.4) is 0 Å². The molecule has 0 radical (unpaired) electrons. The van der Waals surface area contributed by atoms with Crippen molar-refractivity contribution >= 4 is 69.8 Å². The van der Waals surface area contributed by atoms with Crippen LogP contribution in [0.15, 0.2) is 23.3 Å². The summed E-state index contributed by atoms with van der Waals surface area (Å²) in [4.78, 5) is 117. The van der Waals surface area contributed by atoms with Crippen LogP contribution in [0.1, 0.15) is 115 Å². The Bertz CT molecular complexity index is 2620. The van der Waals surface area contributed by atoms with E-state index in [1.807, 2.05) is 12.3 Å². The molecule has 80 heavy (non-hydrogen) atoms. The van der Waals surface area contributed by atoms with Crippen molar-refractivity contribution < 1.29 is 43.8 Å². The molecular formula is C50H81N19O9S2. The molecule has 0 bridgehead atoms. The summed E-state index contributed by atoms with van der Waals surface area (Å²) in [6.07, 6.45) is 4.04. The number of imidazole rings is 1. The average Bonchev–Trinajstić information content (AvgIpc) is 4.24. The second-order valence-electron chi connectivity index (χ2n) is 19.5. The summed E-state index contributed by atoms with van der Waals surface area (Å²) in [5.41, 5.74) is 29.5. The highest BCUT2D eigenvalue weighted by atomic mass is 32.1. The first-order valence-electron chi connectivity index (χ1n) is 26.7. The van der Waals surface area contributed by atoms with Gasteiger partial charge < -0.3 is 86.4 Å². The number of amides is 7. The molecule has 9 atom stereocenters. The Labute approximate surface area is 473 Å². The molecule has 0 aliphatic rings. The Kier molecular flexibility index (Phi) is 27.9. The first kappa shape index (κ1) is 65.9. The molecule has 442 valence electrons. The van der Waals surface area contributed by atoms with Crippen molar-refractivity contribution in [2.75, 3.05) is 58.1 Å². The van der Waals surface area contributed by atoms with Crippen LogP contribution in [0, 0.1) is 18.8 Å². The molecule has 0 saturated carbocycles. The van der Waals surface area contributed by atoms with Crippen LogP contribution in [0.5, 0.6) is 0 Å². The first-order chi connectivity index (χ1) is 38.1. The lowest BCUT2D eigenvalue weighted by atomic mass is 9.87.